The number of amides is 4. The average molecular weight is 659 g/mol. The van der Waals surface area contributed by atoms with Crippen molar-refractivity contribution in [3.8, 4) is 17.2 Å². The summed E-state index contributed by atoms with van der Waals surface area (Å²) < 4.78 is 12.3. The first-order valence-corrected chi connectivity index (χ1v) is 16.9. The summed E-state index contributed by atoms with van der Waals surface area (Å²) in [7, 11) is 0. The molecule has 4 aromatic rings. The van der Waals surface area contributed by atoms with Gasteiger partial charge >= 0.3 is 0 Å². The van der Waals surface area contributed by atoms with E-state index < -0.39 is 23.6 Å². The van der Waals surface area contributed by atoms with Gasteiger partial charge in [-0.15, -0.1) is 0 Å². The van der Waals surface area contributed by atoms with Gasteiger partial charge in [0.25, 0.3) is 23.6 Å². The van der Waals surface area contributed by atoms with Gasteiger partial charge in [-0.25, -0.2) is 9.80 Å². The molecule has 0 saturated carbocycles. The molecule has 4 amide bonds. The van der Waals surface area contributed by atoms with Crippen LogP contribution in [0.25, 0.3) is 0 Å². The average Bonchev–Trinajstić information content (AvgIpc) is 3.43. The third-order valence-corrected chi connectivity index (χ3v) is 9.05. The van der Waals surface area contributed by atoms with E-state index in [0.29, 0.717) is 28.4 Å². The molecule has 0 fully saturated rings. The molecule has 2 aliphatic heterocycles. The Labute approximate surface area is 287 Å². The number of anilines is 2. The summed E-state index contributed by atoms with van der Waals surface area (Å²) in [5.74, 6) is -0.304. The number of imide groups is 2. The van der Waals surface area contributed by atoms with Crippen LogP contribution in [0.5, 0.6) is 17.2 Å². The number of rotatable bonds is 12. The second-order valence-corrected chi connectivity index (χ2v) is 14.3. The van der Waals surface area contributed by atoms with E-state index in [9.17, 15) is 19.2 Å². The van der Waals surface area contributed by atoms with Gasteiger partial charge in [0.2, 0.25) is 0 Å². The SMILES string of the molecule is CCCC(C)(C)Cc1ccc2c(c1)C(=O)N(c1cccc(N3C(=O)c4ccc(Oc5cccc(OC(C)(C)CCC)c5)cc4C3=O)c1)C2=O. The lowest BCUT2D eigenvalue weighted by atomic mass is 9.81. The summed E-state index contributed by atoms with van der Waals surface area (Å²) in [4.78, 5) is 56.5. The van der Waals surface area contributed by atoms with Crippen LogP contribution in [0.2, 0.25) is 0 Å². The molecule has 0 unspecified atom stereocenters. The standard InChI is InChI=1S/C41H42N2O6/c1-7-19-40(3,4)25-26-15-17-32-34(21-26)38(46)42(36(32)44)27-11-9-12-28(22-27)43-37(45)33-18-16-30(24-35(33)39(43)47)48-29-13-10-14-31(23-29)49-41(5,6)20-8-2/h9-18,21-24H,7-8,19-20,25H2,1-6H3. The van der Waals surface area contributed by atoms with E-state index in [1.165, 1.54) is 6.07 Å². The molecule has 49 heavy (non-hydrogen) atoms. The van der Waals surface area contributed by atoms with Gasteiger partial charge in [0.1, 0.15) is 22.8 Å². The van der Waals surface area contributed by atoms with E-state index in [1.54, 1.807) is 54.6 Å². The number of hydrogen-bond acceptors (Lipinski definition) is 6. The van der Waals surface area contributed by atoms with Gasteiger partial charge in [0.15, 0.2) is 0 Å². The molecule has 4 aromatic carbocycles. The van der Waals surface area contributed by atoms with Crippen molar-refractivity contribution in [2.24, 2.45) is 5.41 Å². The van der Waals surface area contributed by atoms with E-state index in [0.717, 1.165) is 47.5 Å². The van der Waals surface area contributed by atoms with Crippen molar-refractivity contribution in [1.82, 2.24) is 0 Å². The zero-order chi connectivity index (χ0) is 35.1. The molecule has 6 rings (SSSR count). The second-order valence-electron chi connectivity index (χ2n) is 14.3. The number of carbonyl (C=O) groups is 4. The predicted octanol–water partition coefficient (Wildman–Crippen LogP) is 9.41. The smallest absolute Gasteiger partial charge is 0.266 e. The maximum absolute atomic E-state index is 13.7. The van der Waals surface area contributed by atoms with Crippen molar-refractivity contribution >= 4 is 35.0 Å². The van der Waals surface area contributed by atoms with Crippen molar-refractivity contribution in [1.29, 1.82) is 0 Å². The van der Waals surface area contributed by atoms with Crippen LogP contribution in [0.4, 0.5) is 11.4 Å². The lowest BCUT2D eigenvalue weighted by Crippen LogP contribution is -2.31. The molecule has 0 N–H and O–H groups in total. The van der Waals surface area contributed by atoms with Crippen LogP contribution < -0.4 is 19.3 Å². The predicted molar refractivity (Wildman–Crippen MR) is 190 cm³/mol. The molecule has 2 heterocycles. The first-order valence-electron chi connectivity index (χ1n) is 16.9. The highest BCUT2D eigenvalue weighted by atomic mass is 16.5. The van der Waals surface area contributed by atoms with Gasteiger partial charge in [-0.3, -0.25) is 19.2 Å². The summed E-state index contributed by atoms with van der Waals surface area (Å²) in [5, 5.41) is 0. The molecule has 0 bridgehead atoms. The van der Waals surface area contributed by atoms with Crippen LogP contribution in [0, 0.1) is 5.41 Å². The molecule has 2 aliphatic rings. The fourth-order valence-electron chi connectivity index (χ4n) is 6.95. The molecule has 0 aromatic heterocycles. The molecular weight excluding hydrogens is 616 g/mol. The molecule has 0 aliphatic carbocycles. The van der Waals surface area contributed by atoms with Crippen molar-refractivity contribution in [3.05, 3.63) is 113 Å². The largest absolute Gasteiger partial charge is 0.488 e. The Kier molecular flexibility index (Phi) is 8.92. The van der Waals surface area contributed by atoms with Gasteiger partial charge in [-0.1, -0.05) is 58.7 Å². The highest BCUT2D eigenvalue weighted by Gasteiger charge is 2.40. The first kappa shape index (κ1) is 33.7. The fraction of sp³-hybridized carbons (Fsp3) is 0.317. The molecule has 8 heteroatoms. The van der Waals surface area contributed by atoms with Crippen molar-refractivity contribution in [2.45, 2.75) is 79.2 Å². The van der Waals surface area contributed by atoms with Crippen LogP contribution in [-0.2, 0) is 6.42 Å². The lowest BCUT2D eigenvalue weighted by molar-refractivity contribution is 0.0912. The lowest BCUT2D eigenvalue weighted by Gasteiger charge is -2.26. The van der Waals surface area contributed by atoms with Crippen LogP contribution >= 0.6 is 0 Å². The Hall–Kier alpha value is -5.24. The number of ether oxygens (including phenoxy) is 2. The molecule has 8 nitrogen and oxygen atoms in total. The first-order chi connectivity index (χ1) is 23.3. The Morgan fingerprint density at radius 3 is 1.71 bits per heavy atom. The van der Waals surface area contributed by atoms with Crippen molar-refractivity contribution in [2.75, 3.05) is 9.80 Å². The summed E-state index contributed by atoms with van der Waals surface area (Å²) in [6.45, 7) is 12.7. The minimum atomic E-state index is -0.525. The summed E-state index contributed by atoms with van der Waals surface area (Å²) in [6, 6.07) is 23.9. The fourth-order valence-corrected chi connectivity index (χ4v) is 6.95. The highest BCUT2D eigenvalue weighted by Crippen LogP contribution is 2.37. The Balaban J connectivity index is 1.21. The Morgan fingerprint density at radius 2 is 1.08 bits per heavy atom. The number of nitrogens with zero attached hydrogens (tertiary/aromatic N) is 2. The number of carbonyl (C=O) groups excluding carboxylic acids is 4. The molecule has 0 spiro atoms. The van der Waals surface area contributed by atoms with Crippen molar-refractivity contribution < 1.29 is 28.7 Å². The van der Waals surface area contributed by atoms with E-state index in [2.05, 4.69) is 27.7 Å². The van der Waals surface area contributed by atoms with Crippen molar-refractivity contribution in [3.63, 3.8) is 0 Å². The topological polar surface area (TPSA) is 93.2 Å². The Bertz CT molecular complexity index is 1980. The number of hydrogen-bond donors (Lipinski definition) is 0. The summed E-state index contributed by atoms with van der Waals surface area (Å²) in [6.07, 6.45) is 4.78. The van der Waals surface area contributed by atoms with Gasteiger partial charge in [0.05, 0.1) is 33.6 Å². The monoisotopic (exact) mass is 658 g/mol. The van der Waals surface area contributed by atoms with Gasteiger partial charge in [-0.2, -0.15) is 0 Å². The Morgan fingerprint density at radius 1 is 0.551 bits per heavy atom. The normalized spacial score (nSPS) is 14.4. The van der Waals surface area contributed by atoms with E-state index in [4.69, 9.17) is 9.47 Å². The number of benzene rings is 4. The van der Waals surface area contributed by atoms with Crippen LogP contribution in [0.15, 0.2) is 84.9 Å². The maximum atomic E-state index is 13.7. The van der Waals surface area contributed by atoms with Gasteiger partial charge in [-0.05, 0) is 105 Å². The zero-order valence-electron chi connectivity index (χ0n) is 29.0. The van der Waals surface area contributed by atoms with Crippen LogP contribution in [-0.4, -0.2) is 29.2 Å². The van der Waals surface area contributed by atoms with E-state index in [-0.39, 0.29) is 33.5 Å². The molecule has 0 radical (unpaired) electrons. The minimum absolute atomic E-state index is 0.0628. The minimum Gasteiger partial charge on any atom is -0.488 e. The van der Waals surface area contributed by atoms with Crippen LogP contribution in [0.3, 0.4) is 0 Å². The quantitative estimate of drug-likeness (QED) is 0.141. The second kappa shape index (κ2) is 13.0. The molecular formula is C41H42N2O6. The van der Waals surface area contributed by atoms with Crippen LogP contribution in [0.1, 0.15) is 114 Å². The summed E-state index contributed by atoms with van der Waals surface area (Å²) in [5.41, 5.74) is 2.39. The zero-order valence-corrected chi connectivity index (χ0v) is 29.0. The van der Waals surface area contributed by atoms with Gasteiger partial charge in [0, 0.05) is 6.07 Å². The number of fused-ring (bicyclic) bond motifs is 2. The van der Waals surface area contributed by atoms with E-state index in [1.807, 2.05) is 38.1 Å². The molecule has 0 saturated heterocycles. The van der Waals surface area contributed by atoms with Gasteiger partial charge < -0.3 is 9.47 Å². The summed E-state index contributed by atoms with van der Waals surface area (Å²) >= 11 is 0. The maximum Gasteiger partial charge on any atom is 0.266 e. The third-order valence-electron chi connectivity index (χ3n) is 9.05. The highest BCUT2D eigenvalue weighted by molar-refractivity contribution is 6.36. The van der Waals surface area contributed by atoms with E-state index >= 15 is 0 Å². The third kappa shape index (κ3) is 6.73. The molecule has 252 valence electrons. The molecule has 0 atom stereocenters.